The molecule has 110 valence electrons. The fourth-order valence-electron chi connectivity index (χ4n) is 1.98. The molecule has 21 heavy (non-hydrogen) atoms. The summed E-state index contributed by atoms with van der Waals surface area (Å²) < 4.78 is 4.96. The molecule has 1 N–H and O–H groups in total. The molecular formula is C14H13ClN2O4. The molecule has 1 aromatic carbocycles. The van der Waals surface area contributed by atoms with Crippen molar-refractivity contribution >= 4 is 29.2 Å². The van der Waals surface area contributed by atoms with Gasteiger partial charge in [-0.3, -0.25) is 14.5 Å². The number of aliphatic carboxylic acids is 1. The third-order valence-corrected chi connectivity index (χ3v) is 3.14. The summed E-state index contributed by atoms with van der Waals surface area (Å²) in [7, 11) is 0. The van der Waals surface area contributed by atoms with Crippen LogP contribution in [0.3, 0.4) is 0 Å². The van der Waals surface area contributed by atoms with Gasteiger partial charge in [-0.25, -0.2) is 0 Å². The molecule has 0 spiro atoms. The predicted molar refractivity (Wildman–Crippen MR) is 76.7 cm³/mol. The number of amides is 1. The molecule has 0 radical (unpaired) electrons. The number of benzene rings is 1. The summed E-state index contributed by atoms with van der Waals surface area (Å²) >= 11 is 5.90. The van der Waals surface area contributed by atoms with Crippen molar-refractivity contribution < 1.29 is 19.2 Å². The van der Waals surface area contributed by atoms with E-state index in [0.717, 1.165) is 4.90 Å². The first kappa shape index (κ1) is 15.1. The minimum absolute atomic E-state index is 0.260. The second kappa shape index (κ2) is 5.97. The van der Waals surface area contributed by atoms with E-state index >= 15 is 0 Å². The van der Waals surface area contributed by atoms with Crippen molar-refractivity contribution in [1.82, 2.24) is 5.16 Å². The Labute approximate surface area is 125 Å². The summed E-state index contributed by atoms with van der Waals surface area (Å²) in [5, 5.41) is 13.2. The number of aromatic nitrogens is 1. The fraction of sp³-hybridized carbons (Fsp3) is 0.214. The van der Waals surface area contributed by atoms with Gasteiger partial charge in [-0.1, -0.05) is 22.8 Å². The zero-order valence-electron chi connectivity index (χ0n) is 11.5. The van der Waals surface area contributed by atoms with Crippen LogP contribution in [0.1, 0.15) is 21.8 Å². The summed E-state index contributed by atoms with van der Waals surface area (Å²) in [5.41, 5.74) is 1.07. The first-order valence-electron chi connectivity index (χ1n) is 6.12. The topological polar surface area (TPSA) is 83.6 Å². The van der Waals surface area contributed by atoms with Crippen molar-refractivity contribution in [3.05, 3.63) is 46.3 Å². The molecule has 0 saturated heterocycles. The number of nitrogens with zero attached hydrogens (tertiary/aromatic N) is 2. The Bertz CT molecular complexity index is 677. The van der Waals surface area contributed by atoms with Gasteiger partial charge in [-0.05, 0) is 32.0 Å². The Morgan fingerprint density at radius 2 is 2.10 bits per heavy atom. The van der Waals surface area contributed by atoms with Crippen molar-refractivity contribution in [1.29, 1.82) is 0 Å². The molecule has 2 rings (SSSR count). The summed E-state index contributed by atoms with van der Waals surface area (Å²) in [6.07, 6.45) is 0. The van der Waals surface area contributed by atoms with Crippen molar-refractivity contribution in [2.75, 3.05) is 11.4 Å². The third kappa shape index (κ3) is 3.22. The van der Waals surface area contributed by atoms with Crippen molar-refractivity contribution in [3.8, 4) is 0 Å². The maximum atomic E-state index is 12.6. The number of carboxylic acid groups (broad SMARTS) is 1. The molecule has 0 bridgehead atoms. The molecule has 0 saturated carbocycles. The fourth-order valence-corrected chi connectivity index (χ4v) is 2.17. The maximum absolute atomic E-state index is 12.6. The Hall–Kier alpha value is -2.34. The Morgan fingerprint density at radius 1 is 1.38 bits per heavy atom. The number of carbonyl (C=O) groups excluding carboxylic acids is 1. The first-order chi connectivity index (χ1) is 9.90. The Morgan fingerprint density at radius 3 is 2.62 bits per heavy atom. The first-order valence-corrected chi connectivity index (χ1v) is 6.50. The number of carboxylic acids is 1. The van der Waals surface area contributed by atoms with Crippen LogP contribution in [0.4, 0.5) is 5.69 Å². The van der Waals surface area contributed by atoms with Crippen LogP contribution in [0, 0.1) is 13.8 Å². The summed E-state index contributed by atoms with van der Waals surface area (Å²) in [4.78, 5) is 24.8. The van der Waals surface area contributed by atoms with Crippen LogP contribution in [-0.2, 0) is 4.79 Å². The van der Waals surface area contributed by atoms with Crippen LogP contribution in [0.25, 0.3) is 0 Å². The van der Waals surface area contributed by atoms with E-state index in [9.17, 15) is 9.59 Å². The minimum atomic E-state index is -1.13. The highest BCUT2D eigenvalue weighted by atomic mass is 35.5. The number of hydrogen-bond donors (Lipinski definition) is 1. The lowest BCUT2D eigenvalue weighted by atomic mass is 10.1. The van der Waals surface area contributed by atoms with E-state index < -0.39 is 18.4 Å². The highest BCUT2D eigenvalue weighted by Crippen LogP contribution is 2.23. The van der Waals surface area contributed by atoms with E-state index in [-0.39, 0.29) is 5.56 Å². The minimum Gasteiger partial charge on any atom is -0.480 e. The largest absolute Gasteiger partial charge is 0.480 e. The number of carbonyl (C=O) groups is 2. The second-order valence-corrected chi connectivity index (χ2v) is 4.90. The number of aryl methyl sites for hydroxylation is 2. The zero-order valence-corrected chi connectivity index (χ0v) is 12.2. The summed E-state index contributed by atoms with van der Waals surface area (Å²) in [6.45, 7) is 2.74. The molecule has 7 heteroatoms. The highest BCUT2D eigenvalue weighted by molar-refractivity contribution is 6.31. The molecule has 6 nitrogen and oxygen atoms in total. The lowest BCUT2D eigenvalue weighted by Crippen LogP contribution is -2.36. The lowest BCUT2D eigenvalue weighted by molar-refractivity contribution is -0.135. The molecule has 1 amide bonds. The van der Waals surface area contributed by atoms with Crippen LogP contribution in [0.5, 0.6) is 0 Å². The molecule has 1 heterocycles. The smallest absolute Gasteiger partial charge is 0.323 e. The molecular weight excluding hydrogens is 296 g/mol. The van der Waals surface area contributed by atoms with Gasteiger partial charge in [0.15, 0.2) is 0 Å². The molecule has 0 aliphatic rings. The van der Waals surface area contributed by atoms with E-state index in [1.54, 1.807) is 32.0 Å². The quantitative estimate of drug-likeness (QED) is 0.938. The van der Waals surface area contributed by atoms with Gasteiger partial charge in [0.25, 0.3) is 5.91 Å². The zero-order chi connectivity index (χ0) is 15.6. The molecule has 2 aromatic rings. The Kier molecular flexibility index (Phi) is 4.28. The van der Waals surface area contributed by atoms with E-state index in [0.29, 0.717) is 22.2 Å². The second-order valence-electron chi connectivity index (χ2n) is 4.46. The van der Waals surface area contributed by atoms with Crippen molar-refractivity contribution in [2.24, 2.45) is 0 Å². The van der Waals surface area contributed by atoms with Gasteiger partial charge in [0.05, 0.1) is 5.69 Å². The predicted octanol–water partition coefficient (Wildman–Crippen LogP) is 2.68. The van der Waals surface area contributed by atoms with Crippen LogP contribution in [0.15, 0.2) is 28.8 Å². The average Bonchev–Trinajstić information content (AvgIpc) is 2.74. The van der Waals surface area contributed by atoms with Gasteiger partial charge in [-0.2, -0.15) is 0 Å². The summed E-state index contributed by atoms with van der Waals surface area (Å²) in [6, 6.07) is 6.43. The number of rotatable bonds is 4. The number of anilines is 1. The average molecular weight is 309 g/mol. The monoisotopic (exact) mass is 308 g/mol. The van der Waals surface area contributed by atoms with Crippen LogP contribution in [-0.4, -0.2) is 28.7 Å². The van der Waals surface area contributed by atoms with Crippen molar-refractivity contribution in [2.45, 2.75) is 13.8 Å². The summed E-state index contributed by atoms with van der Waals surface area (Å²) in [5.74, 6) is -1.28. The molecule has 0 atom stereocenters. The van der Waals surface area contributed by atoms with E-state index in [4.69, 9.17) is 21.2 Å². The SMILES string of the molecule is Cc1noc(C)c1C(=O)N(CC(=O)O)c1cccc(Cl)c1. The number of halogens is 1. The molecule has 1 aromatic heterocycles. The van der Waals surface area contributed by atoms with Gasteiger partial charge in [0, 0.05) is 10.7 Å². The van der Waals surface area contributed by atoms with Crippen LogP contribution in [0.2, 0.25) is 5.02 Å². The molecule has 0 aliphatic carbocycles. The van der Waals surface area contributed by atoms with Gasteiger partial charge in [0.2, 0.25) is 0 Å². The van der Waals surface area contributed by atoms with Crippen LogP contribution < -0.4 is 4.90 Å². The normalized spacial score (nSPS) is 10.4. The number of hydrogen-bond acceptors (Lipinski definition) is 4. The van der Waals surface area contributed by atoms with E-state index in [2.05, 4.69) is 5.16 Å². The van der Waals surface area contributed by atoms with Gasteiger partial charge in [-0.15, -0.1) is 0 Å². The molecule has 0 fully saturated rings. The maximum Gasteiger partial charge on any atom is 0.323 e. The van der Waals surface area contributed by atoms with Gasteiger partial charge in [0.1, 0.15) is 17.9 Å². The molecule has 0 unspecified atom stereocenters. The van der Waals surface area contributed by atoms with Gasteiger partial charge < -0.3 is 9.63 Å². The van der Waals surface area contributed by atoms with E-state index in [1.807, 2.05) is 0 Å². The lowest BCUT2D eigenvalue weighted by Gasteiger charge is -2.21. The standard InChI is InChI=1S/C14H13ClN2O4/c1-8-13(9(2)21-16-8)14(20)17(7-12(18)19)11-5-3-4-10(15)6-11/h3-6H,7H2,1-2H3,(H,18,19). The Balaban J connectivity index is 2.46. The van der Waals surface area contributed by atoms with Crippen LogP contribution >= 0.6 is 11.6 Å². The molecule has 0 aliphatic heterocycles. The van der Waals surface area contributed by atoms with E-state index in [1.165, 1.54) is 6.07 Å². The third-order valence-electron chi connectivity index (χ3n) is 2.91. The highest BCUT2D eigenvalue weighted by Gasteiger charge is 2.26. The van der Waals surface area contributed by atoms with Gasteiger partial charge >= 0.3 is 5.97 Å². The van der Waals surface area contributed by atoms with Crippen molar-refractivity contribution in [3.63, 3.8) is 0 Å².